The first-order valence-corrected chi connectivity index (χ1v) is 6.94. The zero-order valence-corrected chi connectivity index (χ0v) is 12.7. The van der Waals surface area contributed by atoms with Crippen LogP contribution in [0, 0.1) is 17.3 Å². The molecule has 0 aliphatic carbocycles. The van der Waals surface area contributed by atoms with Crippen LogP contribution in [0.2, 0.25) is 0 Å². The molecule has 5 nitrogen and oxygen atoms in total. The van der Waals surface area contributed by atoms with Crippen molar-refractivity contribution in [1.82, 2.24) is 10.3 Å². The summed E-state index contributed by atoms with van der Waals surface area (Å²) in [5.41, 5.74) is 0.958. The molecule has 0 radical (unpaired) electrons. The predicted molar refractivity (Wildman–Crippen MR) is 80.6 cm³/mol. The molecule has 1 amide bonds. The van der Waals surface area contributed by atoms with Gasteiger partial charge in [0.1, 0.15) is 5.69 Å². The summed E-state index contributed by atoms with van der Waals surface area (Å²) in [4.78, 5) is 15.8. The van der Waals surface area contributed by atoms with Crippen molar-refractivity contribution in [3.63, 3.8) is 0 Å². The second-order valence-electron chi connectivity index (χ2n) is 5.47. The van der Waals surface area contributed by atoms with Crippen molar-refractivity contribution in [2.24, 2.45) is 5.41 Å². The first-order chi connectivity index (χ1) is 9.88. The lowest BCUT2D eigenvalue weighted by atomic mass is 9.91. The molecule has 0 aliphatic rings. The Kier molecular flexibility index (Phi) is 6.35. The molecule has 1 aromatic heterocycles. The Labute approximate surface area is 125 Å². The Balaban J connectivity index is 2.68. The fraction of sp³-hybridized carbons (Fsp3) is 0.500. The first-order valence-electron chi connectivity index (χ1n) is 6.94. The topological polar surface area (TPSA) is 82.5 Å². The number of rotatable bonds is 5. The average Bonchev–Trinajstić information content (AvgIpc) is 2.50. The molecule has 1 rings (SSSR count). The van der Waals surface area contributed by atoms with Crippen molar-refractivity contribution in [2.75, 3.05) is 13.2 Å². The summed E-state index contributed by atoms with van der Waals surface area (Å²) in [5, 5.41) is 20.3. The van der Waals surface area contributed by atoms with E-state index in [0.29, 0.717) is 0 Å². The second-order valence-corrected chi connectivity index (χ2v) is 5.47. The number of carbonyl (C=O) groups is 1. The van der Waals surface area contributed by atoms with Crippen LogP contribution in [0.25, 0.3) is 0 Å². The van der Waals surface area contributed by atoms with E-state index in [1.165, 1.54) is 0 Å². The number of aliphatic hydroxyl groups excluding tert-OH is 2. The Hall–Kier alpha value is -1.90. The van der Waals surface area contributed by atoms with E-state index in [1.807, 2.05) is 0 Å². The third-order valence-electron chi connectivity index (χ3n) is 3.13. The fourth-order valence-corrected chi connectivity index (χ4v) is 1.30. The molecule has 1 heterocycles. The van der Waals surface area contributed by atoms with Gasteiger partial charge in [0.05, 0.1) is 12.7 Å². The molecule has 3 N–H and O–H groups in total. The summed E-state index contributed by atoms with van der Waals surface area (Å²) >= 11 is 0. The Bertz CT molecular complexity index is 527. The van der Waals surface area contributed by atoms with E-state index in [0.717, 1.165) is 12.0 Å². The minimum absolute atomic E-state index is 0.0107. The highest BCUT2D eigenvalue weighted by Gasteiger charge is 2.11. The van der Waals surface area contributed by atoms with Crippen LogP contribution >= 0.6 is 0 Å². The van der Waals surface area contributed by atoms with Crippen LogP contribution in [0.4, 0.5) is 0 Å². The van der Waals surface area contributed by atoms with Crippen molar-refractivity contribution in [3.8, 4) is 11.8 Å². The second kappa shape index (κ2) is 7.77. The van der Waals surface area contributed by atoms with E-state index in [9.17, 15) is 4.79 Å². The minimum atomic E-state index is -0.963. The molecule has 0 unspecified atom stereocenters. The molecule has 21 heavy (non-hydrogen) atoms. The summed E-state index contributed by atoms with van der Waals surface area (Å²) in [6.07, 6.45) is 1.55. The third kappa shape index (κ3) is 5.94. The van der Waals surface area contributed by atoms with E-state index < -0.39 is 18.6 Å². The van der Waals surface area contributed by atoms with Gasteiger partial charge in [-0.2, -0.15) is 0 Å². The number of nitrogens with zero attached hydrogens (tertiary/aromatic N) is 1. The number of amides is 1. The van der Waals surface area contributed by atoms with Crippen LogP contribution in [0.15, 0.2) is 18.3 Å². The molecule has 114 valence electrons. The Morgan fingerprint density at radius 3 is 2.71 bits per heavy atom. The van der Waals surface area contributed by atoms with Crippen LogP contribution in [0.3, 0.4) is 0 Å². The number of hydrogen-bond donors (Lipinski definition) is 3. The van der Waals surface area contributed by atoms with Gasteiger partial charge in [-0.25, -0.2) is 4.98 Å². The van der Waals surface area contributed by atoms with Crippen LogP contribution < -0.4 is 5.32 Å². The summed E-state index contributed by atoms with van der Waals surface area (Å²) in [6, 6.07) is 3.33. The van der Waals surface area contributed by atoms with Crippen molar-refractivity contribution in [2.45, 2.75) is 33.3 Å². The summed E-state index contributed by atoms with van der Waals surface area (Å²) in [5.74, 6) is 5.82. The van der Waals surface area contributed by atoms with Crippen LogP contribution in [-0.2, 0) is 0 Å². The van der Waals surface area contributed by atoms with E-state index in [1.54, 1.807) is 18.3 Å². The first kappa shape index (κ1) is 17.2. The number of aromatic nitrogens is 1. The maximum Gasteiger partial charge on any atom is 0.269 e. The lowest BCUT2D eigenvalue weighted by molar-refractivity contribution is 0.0799. The van der Waals surface area contributed by atoms with E-state index in [2.05, 4.69) is 42.9 Å². The lowest BCUT2D eigenvalue weighted by Gasteiger charge is -2.12. The smallest absolute Gasteiger partial charge is 0.269 e. The van der Waals surface area contributed by atoms with E-state index in [-0.39, 0.29) is 17.7 Å². The monoisotopic (exact) mass is 290 g/mol. The zero-order chi connectivity index (χ0) is 15.9. The van der Waals surface area contributed by atoms with Gasteiger partial charge in [0.15, 0.2) is 0 Å². The molecule has 0 saturated carbocycles. The van der Waals surface area contributed by atoms with Crippen LogP contribution in [0.1, 0.15) is 43.2 Å². The van der Waals surface area contributed by atoms with Gasteiger partial charge in [-0.05, 0) is 32.4 Å². The molecule has 0 aliphatic heterocycles. The molecule has 0 bridgehead atoms. The molecular weight excluding hydrogens is 268 g/mol. The van der Waals surface area contributed by atoms with Crippen LogP contribution in [0.5, 0.6) is 0 Å². The van der Waals surface area contributed by atoms with E-state index in [4.69, 9.17) is 10.2 Å². The van der Waals surface area contributed by atoms with Gasteiger partial charge in [0.2, 0.25) is 0 Å². The highest BCUT2D eigenvalue weighted by molar-refractivity contribution is 5.92. The maximum absolute atomic E-state index is 11.7. The van der Waals surface area contributed by atoms with Crippen molar-refractivity contribution >= 4 is 5.91 Å². The van der Waals surface area contributed by atoms with Gasteiger partial charge in [-0.3, -0.25) is 4.79 Å². The van der Waals surface area contributed by atoms with Gasteiger partial charge >= 0.3 is 0 Å². The lowest BCUT2D eigenvalue weighted by Crippen LogP contribution is -2.34. The summed E-state index contributed by atoms with van der Waals surface area (Å²) < 4.78 is 0. The number of nitrogens with one attached hydrogen (secondary N) is 1. The van der Waals surface area contributed by atoms with Crippen molar-refractivity contribution in [1.29, 1.82) is 0 Å². The summed E-state index contributed by atoms with van der Waals surface area (Å²) in [6.45, 7) is 5.82. The number of carbonyl (C=O) groups excluding carboxylic acids is 1. The normalized spacial score (nSPS) is 12.2. The minimum Gasteiger partial charge on any atom is -0.394 e. The number of hydrogen-bond acceptors (Lipinski definition) is 4. The van der Waals surface area contributed by atoms with Gasteiger partial charge in [0.25, 0.3) is 5.91 Å². The predicted octanol–water partition coefficient (Wildman–Crippen LogP) is 0.952. The molecule has 1 atom stereocenters. The number of aliphatic hydroxyl groups is 2. The van der Waals surface area contributed by atoms with Crippen LogP contribution in [-0.4, -0.2) is 40.4 Å². The Morgan fingerprint density at radius 1 is 1.48 bits per heavy atom. The summed E-state index contributed by atoms with van der Waals surface area (Å²) in [7, 11) is 0. The molecule has 0 saturated heterocycles. The fourth-order valence-electron chi connectivity index (χ4n) is 1.30. The molecule has 0 spiro atoms. The highest BCUT2D eigenvalue weighted by atomic mass is 16.3. The average molecular weight is 290 g/mol. The van der Waals surface area contributed by atoms with Crippen molar-refractivity contribution in [3.05, 3.63) is 29.6 Å². The molecule has 0 aromatic carbocycles. The van der Waals surface area contributed by atoms with E-state index >= 15 is 0 Å². The molecule has 0 fully saturated rings. The van der Waals surface area contributed by atoms with Crippen molar-refractivity contribution < 1.29 is 15.0 Å². The molecule has 5 heteroatoms. The standard InChI is InChI=1S/C16H22N2O3/c1-4-16(2,3)8-7-12-5-6-14(17-9-12)15(21)18-10-13(20)11-19/h5-6,9,13,19-20H,4,10-11H2,1-3H3,(H,18,21)/t13-/m0/s1. The van der Waals surface area contributed by atoms with Gasteiger partial charge < -0.3 is 15.5 Å². The molecular formula is C16H22N2O3. The Morgan fingerprint density at radius 2 is 2.19 bits per heavy atom. The zero-order valence-electron chi connectivity index (χ0n) is 12.7. The quantitative estimate of drug-likeness (QED) is 0.705. The maximum atomic E-state index is 11.7. The van der Waals surface area contributed by atoms with Gasteiger partial charge in [-0.1, -0.05) is 18.8 Å². The molecule has 1 aromatic rings. The highest BCUT2D eigenvalue weighted by Crippen LogP contribution is 2.17. The van der Waals surface area contributed by atoms with Gasteiger partial charge in [0, 0.05) is 23.7 Å². The van der Waals surface area contributed by atoms with Gasteiger partial charge in [-0.15, -0.1) is 0 Å². The largest absolute Gasteiger partial charge is 0.394 e. The number of pyridine rings is 1. The third-order valence-corrected chi connectivity index (χ3v) is 3.13. The SMILES string of the molecule is CCC(C)(C)C#Cc1ccc(C(=O)NC[C@H](O)CO)nc1.